The molecular formula is C18H18N2O2S. The van der Waals surface area contributed by atoms with Crippen LogP contribution in [0.4, 0.5) is 0 Å². The molecule has 0 radical (unpaired) electrons. The second-order valence-electron chi connectivity index (χ2n) is 6.35. The number of H-pyrrole nitrogens is 1. The number of hydrogen-bond acceptors (Lipinski definition) is 3. The van der Waals surface area contributed by atoms with Crippen molar-refractivity contribution >= 4 is 38.2 Å². The first kappa shape index (κ1) is 14.5. The number of amides is 1. The van der Waals surface area contributed by atoms with E-state index in [1.807, 2.05) is 29.2 Å². The maximum atomic E-state index is 12.8. The number of benzene rings is 1. The van der Waals surface area contributed by atoms with Crippen LogP contribution >= 0.6 is 11.3 Å². The minimum absolute atomic E-state index is 0.0567. The van der Waals surface area contributed by atoms with Crippen LogP contribution < -0.4 is 5.56 Å². The van der Waals surface area contributed by atoms with Gasteiger partial charge in [-0.1, -0.05) is 25.1 Å². The highest BCUT2D eigenvalue weighted by molar-refractivity contribution is 7.21. The van der Waals surface area contributed by atoms with Crippen molar-refractivity contribution in [3.63, 3.8) is 0 Å². The summed E-state index contributed by atoms with van der Waals surface area (Å²) in [6, 6.07) is 9.49. The molecule has 1 amide bonds. The van der Waals surface area contributed by atoms with Crippen molar-refractivity contribution in [2.24, 2.45) is 5.92 Å². The number of thiophene rings is 1. The largest absolute Gasteiger partial charge is 0.338 e. The molecule has 3 heterocycles. The molecule has 0 bridgehead atoms. The molecule has 1 aliphatic rings. The molecule has 4 nitrogen and oxygen atoms in total. The average Bonchev–Trinajstić information content (AvgIpc) is 3.00. The minimum atomic E-state index is -0.124. The van der Waals surface area contributed by atoms with E-state index in [0.717, 1.165) is 35.1 Å². The number of likely N-dealkylation sites (tertiary alicyclic amines) is 1. The van der Waals surface area contributed by atoms with Gasteiger partial charge in [0.05, 0.1) is 10.3 Å². The molecule has 1 atom stereocenters. The van der Waals surface area contributed by atoms with E-state index in [1.54, 1.807) is 6.07 Å². The van der Waals surface area contributed by atoms with Crippen LogP contribution in [0.2, 0.25) is 0 Å². The third-order valence-electron chi connectivity index (χ3n) is 4.55. The van der Waals surface area contributed by atoms with E-state index >= 15 is 0 Å². The Kier molecular flexibility index (Phi) is 3.45. The number of aromatic amines is 1. The Morgan fingerprint density at radius 1 is 1.30 bits per heavy atom. The molecule has 0 saturated carbocycles. The molecule has 1 aromatic carbocycles. The van der Waals surface area contributed by atoms with Gasteiger partial charge in [0.15, 0.2) is 0 Å². The van der Waals surface area contributed by atoms with Crippen LogP contribution in [0.1, 0.15) is 29.4 Å². The number of aromatic nitrogens is 1. The molecule has 23 heavy (non-hydrogen) atoms. The summed E-state index contributed by atoms with van der Waals surface area (Å²) in [6.45, 7) is 3.81. The van der Waals surface area contributed by atoms with E-state index in [-0.39, 0.29) is 11.5 Å². The molecule has 5 heteroatoms. The van der Waals surface area contributed by atoms with E-state index in [9.17, 15) is 9.59 Å². The number of carbonyl (C=O) groups is 1. The van der Waals surface area contributed by atoms with Gasteiger partial charge in [-0.05, 0) is 30.9 Å². The molecule has 1 fully saturated rings. The molecule has 118 valence electrons. The Morgan fingerprint density at radius 2 is 2.13 bits per heavy atom. The fourth-order valence-corrected chi connectivity index (χ4v) is 4.54. The molecule has 4 rings (SSSR count). The molecular weight excluding hydrogens is 308 g/mol. The Morgan fingerprint density at radius 3 is 2.96 bits per heavy atom. The number of rotatable bonds is 1. The number of para-hydroxylation sites is 1. The minimum Gasteiger partial charge on any atom is -0.338 e. The maximum Gasteiger partial charge on any atom is 0.263 e. The van der Waals surface area contributed by atoms with Crippen molar-refractivity contribution in [1.82, 2.24) is 9.88 Å². The van der Waals surface area contributed by atoms with Crippen molar-refractivity contribution in [3.8, 4) is 0 Å². The van der Waals surface area contributed by atoms with Crippen LogP contribution in [-0.4, -0.2) is 28.9 Å². The van der Waals surface area contributed by atoms with Crippen molar-refractivity contribution in [2.75, 3.05) is 13.1 Å². The molecule has 0 spiro atoms. The van der Waals surface area contributed by atoms with Crippen LogP contribution in [0.15, 0.2) is 35.1 Å². The van der Waals surface area contributed by atoms with Gasteiger partial charge in [0.25, 0.3) is 11.5 Å². The second-order valence-corrected chi connectivity index (χ2v) is 7.40. The van der Waals surface area contributed by atoms with Gasteiger partial charge in [-0.25, -0.2) is 0 Å². The summed E-state index contributed by atoms with van der Waals surface area (Å²) >= 11 is 1.43. The van der Waals surface area contributed by atoms with Crippen molar-refractivity contribution in [2.45, 2.75) is 19.8 Å². The zero-order valence-corrected chi connectivity index (χ0v) is 13.8. The Balaban J connectivity index is 1.82. The van der Waals surface area contributed by atoms with Crippen LogP contribution in [0, 0.1) is 5.92 Å². The standard InChI is InChI=1S/C18H18N2O2S/c1-11-5-4-8-20(10-11)18(22)15-9-13-16(23-15)12-6-2-3-7-14(12)19-17(13)21/h2-3,6-7,9,11H,4-5,8,10H2,1H3,(H,19,21). The van der Waals surface area contributed by atoms with Crippen LogP contribution in [0.25, 0.3) is 21.0 Å². The molecule has 1 unspecified atom stereocenters. The van der Waals surface area contributed by atoms with Gasteiger partial charge in [0.2, 0.25) is 0 Å². The van der Waals surface area contributed by atoms with Crippen molar-refractivity contribution < 1.29 is 4.79 Å². The van der Waals surface area contributed by atoms with Crippen LogP contribution in [0.3, 0.4) is 0 Å². The fourth-order valence-electron chi connectivity index (χ4n) is 3.37. The highest BCUT2D eigenvalue weighted by Gasteiger charge is 2.24. The molecule has 1 aliphatic heterocycles. The normalized spacial score (nSPS) is 18.7. The lowest BCUT2D eigenvalue weighted by atomic mass is 10.0. The Labute approximate surface area is 137 Å². The summed E-state index contributed by atoms with van der Waals surface area (Å²) in [6.07, 6.45) is 2.24. The van der Waals surface area contributed by atoms with E-state index in [1.165, 1.54) is 17.8 Å². The maximum absolute atomic E-state index is 12.8. The van der Waals surface area contributed by atoms with E-state index < -0.39 is 0 Å². The fraction of sp³-hybridized carbons (Fsp3) is 0.333. The quantitative estimate of drug-likeness (QED) is 0.742. The van der Waals surface area contributed by atoms with Gasteiger partial charge in [-0.2, -0.15) is 0 Å². The smallest absolute Gasteiger partial charge is 0.263 e. The lowest BCUT2D eigenvalue weighted by molar-refractivity contribution is 0.0688. The Bertz CT molecular complexity index is 956. The van der Waals surface area contributed by atoms with Gasteiger partial charge in [0, 0.05) is 28.7 Å². The summed E-state index contributed by atoms with van der Waals surface area (Å²) < 4.78 is 0.901. The molecule has 0 aliphatic carbocycles. The lowest BCUT2D eigenvalue weighted by Crippen LogP contribution is -2.38. The summed E-state index contributed by atoms with van der Waals surface area (Å²) in [5.74, 6) is 0.604. The zero-order chi connectivity index (χ0) is 16.0. The van der Waals surface area contributed by atoms with Gasteiger partial charge in [0.1, 0.15) is 0 Å². The van der Waals surface area contributed by atoms with Gasteiger partial charge in [-0.15, -0.1) is 11.3 Å². The summed E-state index contributed by atoms with van der Waals surface area (Å²) in [5.41, 5.74) is 0.693. The third kappa shape index (κ3) is 2.45. The van der Waals surface area contributed by atoms with Crippen molar-refractivity contribution in [1.29, 1.82) is 0 Å². The van der Waals surface area contributed by atoms with Crippen LogP contribution in [-0.2, 0) is 0 Å². The molecule has 1 saturated heterocycles. The summed E-state index contributed by atoms with van der Waals surface area (Å²) in [4.78, 5) is 30.6. The first-order valence-electron chi connectivity index (χ1n) is 7.97. The van der Waals surface area contributed by atoms with Gasteiger partial charge < -0.3 is 9.88 Å². The number of carbonyl (C=O) groups excluding carboxylic acids is 1. The number of pyridine rings is 1. The third-order valence-corrected chi connectivity index (χ3v) is 5.71. The molecule has 2 aromatic heterocycles. The molecule has 3 aromatic rings. The van der Waals surface area contributed by atoms with E-state index in [0.29, 0.717) is 16.2 Å². The number of piperidine rings is 1. The lowest BCUT2D eigenvalue weighted by Gasteiger charge is -2.30. The van der Waals surface area contributed by atoms with Crippen LogP contribution in [0.5, 0.6) is 0 Å². The number of nitrogens with one attached hydrogen (secondary N) is 1. The highest BCUT2D eigenvalue weighted by atomic mass is 32.1. The molecule has 1 N–H and O–H groups in total. The first-order chi connectivity index (χ1) is 11.1. The highest BCUT2D eigenvalue weighted by Crippen LogP contribution is 2.31. The SMILES string of the molecule is CC1CCCN(C(=O)c2cc3c(=O)[nH]c4ccccc4c3s2)C1. The average molecular weight is 326 g/mol. The predicted molar refractivity (Wildman–Crippen MR) is 94.3 cm³/mol. The monoisotopic (exact) mass is 326 g/mol. The van der Waals surface area contributed by atoms with Gasteiger partial charge >= 0.3 is 0 Å². The van der Waals surface area contributed by atoms with Gasteiger partial charge in [-0.3, -0.25) is 9.59 Å². The number of fused-ring (bicyclic) bond motifs is 3. The number of nitrogens with zero attached hydrogens (tertiary/aromatic N) is 1. The van der Waals surface area contributed by atoms with E-state index in [2.05, 4.69) is 11.9 Å². The second kappa shape index (κ2) is 5.49. The number of hydrogen-bond donors (Lipinski definition) is 1. The predicted octanol–water partition coefficient (Wildman–Crippen LogP) is 3.61. The van der Waals surface area contributed by atoms with E-state index in [4.69, 9.17) is 0 Å². The topological polar surface area (TPSA) is 53.2 Å². The van der Waals surface area contributed by atoms with Crippen molar-refractivity contribution in [3.05, 3.63) is 45.6 Å². The first-order valence-corrected chi connectivity index (χ1v) is 8.79. The summed E-state index contributed by atoms with van der Waals surface area (Å²) in [7, 11) is 0. The zero-order valence-electron chi connectivity index (χ0n) is 13.0. The summed E-state index contributed by atoms with van der Waals surface area (Å²) in [5, 5.41) is 1.61. The Hall–Kier alpha value is -2.14.